The van der Waals surface area contributed by atoms with Gasteiger partial charge in [0.1, 0.15) is 17.4 Å². The van der Waals surface area contributed by atoms with Crippen LogP contribution in [0.3, 0.4) is 0 Å². The molecule has 0 radical (unpaired) electrons. The van der Waals surface area contributed by atoms with Crippen molar-refractivity contribution in [1.82, 2.24) is 10.3 Å². The molecule has 0 saturated carbocycles. The Hall–Kier alpha value is -1.17. The zero-order valence-corrected chi connectivity index (χ0v) is 12.4. The Morgan fingerprint density at radius 2 is 2.21 bits per heavy atom. The number of hydrogen-bond acceptors (Lipinski definition) is 5. The number of aromatic nitrogens is 1. The summed E-state index contributed by atoms with van der Waals surface area (Å²) < 4.78 is 10.8. The fourth-order valence-corrected chi connectivity index (χ4v) is 2.21. The van der Waals surface area contributed by atoms with Gasteiger partial charge in [0.2, 0.25) is 0 Å². The van der Waals surface area contributed by atoms with Crippen LogP contribution < -0.4 is 5.32 Å². The Morgan fingerprint density at radius 1 is 1.37 bits per heavy atom. The first-order valence-corrected chi connectivity index (χ1v) is 7.19. The fraction of sp³-hybridized carbons (Fsp3) is 0.500. The van der Waals surface area contributed by atoms with E-state index in [4.69, 9.17) is 9.15 Å². The van der Waals surface area contributed by atoms with Crippen molar-refractivity contribution in [1.29, 1.82) is 0 Å². The van der Waals surface area contributed by atoms with Crippen LogP contribution in [0.2, 0.25) is 0 Å². The van der Waals surface area contributed by atoms with Crippen LogP contribution in [0, 0.1) is 0 Å². The number of nitrogens with zero attached hydrogens (tertiary/aromatic N) is 1. The number of hydrogen-bond donors (Lipinski definition) is 1. The van der Waals surface area contributed by atoms with E-state index in [1.54, 1.807) is 17.6 Å². The van der Waals surface area contributed by atoms with E-state index < -0.39 is 0 Å². The van der Waals surface area contributed by atoms with E-state index in [-0.39, 0.29) is 5.54 Å². The quantitative estimate of drug-likeness (QED) is 0.881. The second-order valence-electron chi connectivity index (χ2n) is 5.41. The first-order chi connectivity index (χ1) is 9.03. The second kappa shape index (κ2) is 6.32. The Bertz CT molecular complexity index is 486. The van der Waals surface area contributed by atoms with Crippen LogP contribution in [-0.2, 0) is 24.5 Å². The Kier molecular flexibility index (Phi) is 4.74. The van der Waals surface area contributed by atoms with Crippen molar-refractivity contribution >= 4 is 11.3 Å². The average molecular weight is 280 g/mol. The number of rotatable bonds is 6. The van der Waals surface area contributed by atoms with Gasteiger partial charge < -0.3 is 14.5 Å². The normalized spacial score (nSPS) is 11.9. The predicted octanol–water partition coefficient (Wildman–Crippen LogP) is 3.34. The van der Waals surface area contributed by atoms with Crippen molar-refractivity contribution in [3.63, 3.8) is 0 Å². The van der Waals surface area contributed by atoms with E-state index in [0.29, 0.717) is 13.2 Å². The molecule has 0 aromatic carbocycles. The molecule has 0 aliphatic rings. The molecule has 2 aromatic heterocycles. The molecule has 0 atom stereocenters. The summed E-state index contributed by atoms with van der Waals surface area (Å²) in [5, 5.41) is 6.55. The highest BCUT2D eigenvalue weighted by atomic mass is 32.1. The van der Waals surface area contributed by atoms with Gasteiger partial charge in [-0.15, -0.1) is 11.3 Å². The first kappa shape index (κ1) is 14.2. The number of nitrogens with one attached hydrogen (secondary N) is 1. The summed E-state index contributed by atoms with van der Waals surface area (Å²) in [7, 11) is 0. The van der Waals surface area contributed by atoms with E-state index >= 15 is 0 Å². The number of ether oxygens (including phenoxy) is 1. The van der Waals surface area contributed by atoms with Crippen molar-refractivity contribution in [2.24, 2.45) is 0 Å². The van der Waals surface area contributed by atoms with Crippen LogP contribution in [-0.4, -0.2) is 10.5 Å². The topological polar surface area (TPSA) is 47.3 Å². The third-order valence-corrected chi connectivity index (χ3v) is 3.34. The molecule has 0 aliphatic heterocycles. The van der Waals surface area contributed by atoms with Gasteiger partial charge in [-0.2, -0.15) is 0 Å². The minimum atomic E-state index is 0.113. The first-order valence-electron chi connectivity index (χ1n) is 6.31. The number of furan rings is 1. The zero-order chi connectivity index (χ0) is 13.7. The third-order valence-electron chi connectivity index (χ3n) is 2.44. The van der Waals surface area contributed by atoms with E-state index in [0.717, 1.165) is 23.0 Å². The van der Waals surface area contributed by atoms with E-state index in [9.17, 15) is 0 Å². The minimum Gasteiger partial charge on any atom is -0.467 e. The van der Waals surface area contributed by atoms with Crippen molar-refractivity contribution in [2.75, 3.05) is 0 Å². The smallest absolute Gasteiger partial charge is 0.129 e. The van der Waals surface area contributed by atoms with E-state index in [2.05, 4.69) is 31.1 Å². The van der Waals surface area contributed by atoms with E-state index in [1.165, 1.54) is 0 Å². The molecule has 0 aliphatic carbocycles. The van der Waals surface area contributed by atoms with Crippen molar-refractivity contribution in [3.05, 3.63) is 40.2 Å². The van der Waals surface area contributed by atoms with Crippen LogP contribution in [0.1, 0.15) is 37.2 Å². The van der Waals surface area contributed by atoms with Gasteiger partial charge in [0.25, 0.3) is 0 Å². The lowest BCUT2D eigenvalue weighted by Gasteiger charge is -2.19. The monoisotopic (exact) mass is 280 g/mol. The predicted molar refractivity (Wildman–Crippen MR) is 75.9 cm³/mol. The van der Waals surface area contributed by atoms with Crippen molar-refractivity contribution in [2.45, 2.75) is 46.1 Å². The van der Waals surface area contributed by atoms with Crippen LogP contribution in [0.4, 0.5) is 0 Å². The fourth-order valence-electron chi connectivity index (χ4n) is 1.49. The van der Waals surface area contributed by atoms with Gasteiger partial charge in [0.15, 0.2) is 0 Å². The molecule has 1 N–H and O–H groups in total. The van der Waals surface area contributed by atoms with Crippen LogP contribution in [0.15, 0.2) is 28.2 Å². The van der Waals surface area contributed by atoms with Gasteiger partial charge in [-0.05, 0) is 32.9 Å². The summed E-state index contributed by atoms with van der Waals surface area (Å²) in [4.78, 5) is 4.53. The maximum atomic E-state index is 5.55. The third kappa shape index (κ3) is 5.14. The zero-order valence-electron chi connectivity index (χ0n) is 11.6. The van der Waals surface area contributed by atoms with Crippen LogP contribution in [0.5, 0.6) is 0 Å². The SMILES string of the molecule is CC(C)(C)NCc1nc(COCc2ccco2)cs1. The summed E-state index contributed by atoms with van der Waals surface area (Å²) in [6.07, 6.45) is 1.65. The Morgan fingerprint density at radius 3 is 2.89 bits per heavy atom. The molecule has 0 unspecified atom stereocenters. The lowest BCUT2D eigenvalue weighted by Crippen LogP contribution is -2.35. The minimum absolute atomic E-state index is 0.113. The van der Waals surface area contributed by atoms with Gasteiger partial charge in [-0.3, -0.25) is 0 Å². The highest BCUT2D eigenvalue weighted by Gasteiger charge is 2.10. The maximum absolute atomic E-state index is 5.55. The molecule has 2 rings (SSSR count). The molecule has 2 heterocycles. The molecule has 5 heteroatoms. The molecule has 0 saturated heterocycles. The molecule has 19 heavy (non-hydrogen) atoms. The standard InChI is InChI=1S/C14H20N2O2S/c1-14(2,3)15-7-13-16-11(10-19-13)8-17-9-12-5-4-6-18-12/h4-6,10,15H,7-9H2,1-3H3. The van der Waals surface area contributed by atoms with Gasteiger partial charge >= 0.3 is 0 Å². The molecule has 0 fully saturated rings. The molecular formula is C14H20N2O2S. The van der Waals surface area contributed by atoms with E-state index in [1.807, 2.05) is 17.5 Å². The molecule has 4 nitrogen and oxygen atoms in total. The van der Waals surface area contributed by atoms with Crippen LogP contribution in [0.25, 0.3) is 0 Å². The van der Waals surface area contributed by atoms with Crippen molar-refractivity contribution < 1.29 is 9.15 Å². The summed E-state index contributed by atoms with van der Waals surface area (Å²) in [5.74, 6) is 0.838. The molecular weight excluding hydrogens is 260 g/mol. The van der Waals surface area contributed by atoms with Gasteiger partial charge in [0, 0.05) is 17.5 Å². The van der Waals surface area contributed by atoms with Gasteiger partial charge in [-0.25, -0.2) is 4.98 Å². The van der Waals surface area contributed by atoms with Gasteiger partial charge in [-0.1, -0.05) is 0 Å². The molecule has 2 aromatic rings. The summed E-state index contributed by atoms with van der Waals surface area (Å²) in [6.45, 7) is 8.25. The number of thiazole rings is 1. The Balaban J connectivity index is 1.74. The summed E-state index contributed by atoms with van der Waals surface area (Å²) >= 11 is 1.66. The summed E-state index contributed by atoms with van der Waals surface area (Å²) in [6, 6.07) is 3.76. The average Bonchev–Trinajstić information content (AvgIpc) is 2.97. The highest BCUT2D eigenvalue weighted by molar-refractivity contribution is 7.09. The molecule has 0 spiro atoms. The summed E-state index contributed by atoms with van der Waals surface area (Å²) in [5.41, 5.74) is 1.09. The highest BCUT2D eigenvalue weighted by Crippen LogP contribution is 2.13. The van der Waals surface area contributed by atoms with Gasteiger partial charge in [0.05, 0.1) is 18.6 Å². The lowest BCUT2D eigenvalue weighted by molar-refractivity contribution is 0.0909. The largest absolute Gasteiger partial charge is 0.467 e. The second-order valence-corrected chi connectivity index (χ2v) is 6.35. The maximum Gasteiger partial charge on any atom is 0.129 e. The molecule has 104 valence electrons. The Labute approximate surface area is 117 Å². The molecule has 0 bridgehead atoms. The van der Waals surface area contributed by atoms with Crippen molar-refractivity contribution in [3.8, 4) is 0 Å². The molecule has 0 amide bonds. The lowest BCUT2D eigenvalue weighted by atomic mass is 10.1. The van der Waals surface area contributed by atoms with Crippen LogP contribution >= 0.6 is 11.3 Å².